The average Bonchev–Trinajstić information content (AvgIpc) is 2.52. The minimum atomic E-state index is -0.602. The molecule has 2 amide bonds. The number of nitrogens with one attached hydrogen (secondary N) is 2. The van der Waals surface area contributed by atoms with Crippen molar-refractivity contribution < 1.29 is 9.59 Å². The smallest absolute Gasteiger partial charge is 0.313 e. The lowest BCUT2D eigenvalue weighted by molar-refractivity contribution is -0.136. The number of carbonyl (C=O) groups excluding carboxylic acids is 2. The van der Waals surface area contributed by atoms with Gasteiger partial charge >= 0.3 is 11.8 Å². The van der Waals surface area contributed by atoms with Gasteiger partial charge in [0, 0.05) is 12.2 Å². The zero-order valence-electron chi connectivity index (χ0n) is 13.4. The Morgan fingerprint density at radius 2 is 1.82 bits per heavy atom. The van der Waals surface area contributed by atoms with Crippen LogP contribution in [0.25, 0.3) is 0 Å². The van der Waals surface area contributed by atoms with Crippen molar-refractivity contribution in [3.05, 3.63) is 41.0 Å². The number of carbonyl (C=O) groups is 2. The summed E-state index contributed by atoms with van der Waals surface area (Å²) in [4.78, 5) is 23.8. The van der Waals surface area contributed by atoms with Crippen LogP contribution in [0.2, 0.25) is 0 Å². The molecule has 0 atom stereocenters. The minimum absolute atomic E-state index is 0.519. The number of aryl methyl sites for hydroxylation is 2. The number of anilines is 1. The predicted octanol–water partition coefficient (Wildman–Crippen LogP) is 3.25. The van der Waals surface area contributed by atoms with Crippen molar-refractivity contribution >= 4 is 17.5 Å². The molecule has 0 saturated carbocycles. The van der Waals surface area contributed by atoms with E-state index in [2.05, 4.69) is 16.7 Å². The van der Waals surface area contributed by atoms with Crippen LogP contribution in [0.5, 0.6) is 0 Å². The number of benzene rings is 1. The molecule has 0 radical (unpaired) electrons. The van der Waals surface area contributed by atoms with Crippen LogP contribution in [0.4, 0.5) is 5.69 Å². The Labute approximate surface area is 132 Å². The molecule has 4 nitrogen and oxygen atoms in total. The lowest BCUT2D eigenvalue weighted by Gasteiger charge is -2.13. The molecule has 1 aromatic carbocycles. The van der Waals surface area contributed by atoms with Crippen LogP contribution in [0.3, 0.4) is 0 Å². The second-order valence-electron chi connectivity index (χ2n) is 5.83. The summed E-state index contributed by atoms with van der Waals surface area (Å²) < 4.78 is 0. The van der Waals surface area contributed by atoms with Gasteiger partial charge in [-0.3, -0.25) is 9.59 Å². The first-order chi connectivity index (χ1) is 10.6. The molecule has 1 aliphatic carbocycles. The Balaban J connectivity index is 1.82. The second-order valence-corrected chi connectivity index (χ2v) is 5.83. The topological polar surface area (TPSA) is 58.2 Å². The van der Waals surface area contributed by atoms with Crippen molar-refractivity contribution in [1.82, 2.24) is 5.32 Å². The van der Waals surface area contributed by atoms with Gasteiger partial charge in [-0.15, -0.1) is 0 Å². The fourth-order valence-electron chi connectivity index (χ4n) is 2.73. The lowest BCUT2D eigenvalue weighted by atomic mass is 9.97. The monoisotopic (exact) mass is 300 g/mol. The highest BCUT2D eigenvalue weighted by molar-refractivity contribution is 6.39. The van der Waals surface area contributed by atoms with Gasteiger partial charge in [0.1, 0.15) is 0 Å². The third-order valence-electron chi connectivity index (χ3n) is 4.04. The summed E-state index contributed by atoms with van der Waals surface area (Å²) >= 11 is 0. The van der Waals surface area contributed by atoms with E-state index in [1.165, 1.54) is 18.4 Å². The summed E-state index contributed by atoms with van der Waals surface area (Å²) in [5.74, 6) is -1.17. The Bertz CT molecular complexity index is 570. The van der Waals surface area contributed by atoms with E-state index in [-0.39, 0.29) is 0 Å². The van der Waals surface area contributed by atoms with Crippen molar-refractivity contribution in [2.45, 2.75) is 46.0 Å². The van der Waals surface area contributed by atoms with Gasteiger partial charge in [0.15, 0.2) is 0 Å². The van der Waals surface area contributed by atoms with Crippen LogP contribution in [0, 0.1) is 13.8 Å². The van der Waals surface area contributed by atoms with Crippen LogP contribution in [0.15, 0.2) is 29.8 Å². The van der Waals surface area contributed by atoms with E-state index in [4.69, 9.17) is 0 Å². The van der Waals surface area contributed by atoms with Crippen molar-refractivity contribution in [1.29, 1.82) is 0 Å². The highest BCUT2D eigenvalue weighted by Crippen LogP contribution is 2.20. The van der Waals surface area contributed by atoms with Gasteiger partial charge in [-0.05, 0) is 57.1 Å². The van der Waals surface area contributed by atoms with Gasteiger partial charge in [-0.1, -0.05) is 29.8 Å². The first-order valence-electron chi connectivity index (χ1n) is 7.91. The van der Waals surface area contributed by atoms with E-state index in [0.717, 1.165) is 36.1 Å². The molecule has 0 aromatic heterocycles. The molecule has 1 aromatic rings. The van der Waals surface area contributed by atoms with Gasteiger partial charge in [-0.25, -0.2) is 0 Å². The molecule has 22 heavy (non-hydrogen) atoms. The Morgan fingerprint density at radius 1 is 1.09 bits per heavy atom. The summed E-state index contributed by atoms with van der Waals surface area (Å²) in [5.41, 5.74) is 4.02. The molecule has 118 valence electrons. The normalized spacial score (nSPS) is 14.2. The molecule has 0 aliphatic heterocycles. The molecule has 1 aliphatic rings. The van der Waals surface area contributed by atoms with Crippen LogP contribution < -0.4 is 10.6 Å². The molecule has 2 rings (SSSR count). The third kappa shape index (κ3) is 4.45. The molecule has 0 saturated heterocycles. The fourth-order valence-corrected chi connectivity index (χ4v) is 2.73. The average molecular weight is 300 g/mol. The van der Waals surface area contributed by atoms with E-state index in [1.807, 2.05) is 32.0 Å². The predicted molar refractivity (Wildman–Crippen MR) is 88.7 cm³/mol. The van der Waals surface area contributed by atoms with E-state index >= 15 is 0 Å². The molecule has 0 fully saturated rings. The molecule has 2 N–H and O–H groups in total. The molecule has 0 heterocycles. The van der Waals surface area contributed by atoms with Crippen LogP contribution >= 0.6 is 0 Å². The number of amides is 2. The van der Waals surface area contributed by atoms with Crippen LogP contribution in [-0.2, 0) is 9.59 Å². The molecule has 0 bridgehead atoms. The van der Waals surface area contributed by atoms with Crippen LogP contribution in [0.1, 0.15) is 43.2 Å². The van der Waals surface area contributed by atoms with Crippen LogP contribution in [-0.4, -0.2) is 18.4 Å². The van der Waals surface area contributed by atoms with Gasteiger partial charge in [0.2, 0.25) is 0 Å². The summed E-state index contributed by atoms with van der Waals surface area (Å²) in [6.45, 7) is 4.34. The Kier molecular flexibility index (Phi) is 5.75. The third-order valence-corrected chi connectivity index (χ3v) is 4.04. The number of allylic oxidation sites excluding steroid dienone is 1. The van der Waals surface area contributed by atoms with Gasteiger partial charge in [-0.2, -0.15) is 0 Å². The summed E-state index contributed by atoms with van der Waals surface area (Å²) in [7, 11) is 0. The van der Waals surface area contributed by atoms with E-state index in [1.54, 1.807) is 0 Å². The number of rotatable bonds is 4. The largest absolute Gasteiger partial charge is 0.348 e. The Morgan fingerprint density at radius 3 is 2.45 bits per heavy atom. The first-order valence-corrected chi connectivity index (χ1v) is 7.91. The highest BCUT2D eigenvalue weighted by Gasteiger charge is 2.15. The molecule has 0 unspecified atom stereocenters. The molecular formula is C18H24N2O2. The van der Waals surface area contributed by atoms with Crippen molar-refractivity contribution in [2.75, 3.05) is 11.9 Å². The maximum absolute atomic E-state index is 12.0. The van der Waals surface area contributed by atoms with Gasteiger partial charge in [0.25, 0.3) is 0 Å². The summed E-state index contributed by atoms with van der Waals surface area (Å²) in [6.07, 6.45) is 7.83. The molecular weight excluding hydrogens is 276 g/mol. The van der Waals surface area contributed by atoms with E-state index < -0.39 is 11.8 Å². The highest BCUT2D eigenvalue weighted by atomic mass is 16.2. The van der Waals surface area contributed by atoms with Gasteiger partial charge in [0.05, 0.1) is 0 Å². The SMILES string of the molecule is Cc1cccc(C)c1NC(=O)C(=O)NCCC1=CCCCC1. The standard InChI is InChI=1S/C18H24N2O2/c1-13-7-6-8-14(2)16(13)20-18(22)17(21)19-12-11-15-9-4-3-5-10-15/h6-9H,3-5,10-12H2,1-2H3,(H,19,21)(H,20,22). The first kappa shape index (κ1) is 16.3. The fraction of sp³-hybridized carbons (Fsp3) is 0.444. The zero-order valence-corrected chi connectivity index (χ0v) is 13.4. The summed E-state index contributed by atoms with van der Waals surface area (Å²) in [5, 5.41) is 5.40. The maximum Gasteiger partial charge on any atom is 0.313 e. The van der Waals surface area contributed by atoms with E-state index in [0.29, 0.717) is 6.54 Å². The number of hydrogen-bond acceptors (Lipinski definition) is 2. The van der Waals surface area contributed by atoms with Gasteiger partial charge < -0.3 is 10.6 Å². The van der Waals surface area contributed by atoms with Crippen molar-refractivity contribution in [3.63, 3.8) is 0 Å². The molecule has 0 spiro atoms. The minimum Gasteiger partial charge on any atom is -0.348 e. The Hall–Kier alpha value is -2.10. The van der Waals surface area contributed by atoms with E-state index in [9.17, 15) is 9.59 Å². The zero-order chi connectivity index (χ0) is 15.9. The lowest BCUT2D eigenvalue weighted by Crippen LogP contribution is -2.36. The number of hydrogen-bond donors (Lipinski definition) is 2. The quantitative estimate of drug-likeness (QED) is 0.662. The summed E-state index contributed by atoms with van der Waals surface area (Å²) in [6, 6.07) is 5.75. The number of para-hydroxylation sites is 1. The molecule has 4 heteroatoms. The van der Waals surface area contributed by atoms with Crippen molar-refractivity contribution in [3.8, 4) is 0 Å². The maximum atomic E-state index is 12.0. The second kappa shape index (κ2) is 7.78. The van der Waals surface area contributed by atoms with Crippen molar-refractivity contribution in [2.24, 2.45) is 0 Å².